The fraction of sp³-hybridized carbons (Fsp3) is 0.0833. The van der Waals surface area contributed by atoms with Crippen molar-refractivity contribution in [2.45, 2.75) is 6.61 Å². The normalized spacial score (nSPS) is 10.2. The van der Waals surface area contributed by atoms with E-state index in [9.17, 15) is 4.39 Å². The van der Waals surface area contributed by atoms with E-state index < -0.39 is 5.82 Å². The van der Waals surface area contributed by atoms with E-state index >= 15 is 0 Å². The van der Waals surface area contributed by atoms with Crippen molar-refractivity contribution in [3.63, 3.8) is 0 Å². The number of pyridine rings is 1. The number of rotatable bonds is 3. The van der Waals surface area contributed by atoms with Gasteiger partial charge in [-0.15, -0.1) is 0 Å². The second-order valence-corrected chi connectivity index (χ2v) is 4.27. The van der Waals surface area contributed by atoms with Crippen LogP contribution in [0, 0.1) is 5.82 Å². The van der Waals surface area contributed by atoms with Gasteiger partial charge >= 0.3 is 0 Å². The molecule has 0 aliphatic rings. The van der Waals surface area contributed by atoms with Gasteiger partial charge in [0.2, 0.25) is 0 Å². The van der Waals surface area contributed by atoms with Crippen LogP contribution in [0.3, 0.4) is 0 Å². The van der Waals surface area contributed by atoms with Crippen molar-refractivity contribution in [1.82, 2.24) is 4.98 Å². The first-order valence-electron chi connectivity index (χ1n) is 4.94. The molecule has 0 amide bonds. The lowest BCUT2D eigenvalue weighted by Crippen LogP contribution is -1.99. The summed E-state index contributed by atoms with van der Waals surface area (Å²) in [6.07, 6.45) is 1.68. The van der Waals surface area contributed by atoms with Gasteiger partial charge in [-0.1, -0.05) is 6.07 Å². The molecule has 2 rings (SSSR count). The van der Waals surface area contributed by atoms with E-state index in [1.165, 1.54) is 12.1 Å². The Hall–Kier alpha value is -1.62. The summed E-state index contributed by atoms with van der Waals surface area (Å²) in [5.74, 6) is -0.0911. The highest BCUT2D eigenvalue weighted by atomic mass is 79.9. The van der Waals surface area contributed by atoms with E-state index in [-0.39, 0.29) is 12.3 Å². The fourth-order valence-corrected chi connectivity index (χ4v) is 1.77. The van der Waals surface area contributed by atoms with Crippen LogP contribution in [0.5, 0.6) is 5.75 Å². The second kappa shape index (κ2) is 5.14. The molecular weight excluding hydrogens is 287 g/mol. The maximum atomic E-state index is 13.2. The van der Waals surface area contributed by atoms with E-state index in [0.29, 0.717) is 10.2 Å². The van der Waals surface area contributed by atoms with Gasteiger partial charge in [-0.05, 0) is 34.1 Å². The Morgan fingerprint density at radius 3 is 2.88 bits per heavy atom. The predicted octanol–water partition coefficient (Wildman–Crippen LogP) is 3.14. The number of ether oxygens (including phenoxy) is 1. The Labute approximate surface area is 107 Å². The van der Waals surface area contributed by atoms with Gasteiger partial charge in [0, 0.05) is 12.3 Å². The summed E-state index contributed by atoms with van der Waals surface area (Å²) in [6.45, 7) is 0.281. The number of hydrogen-bond acceptors (Lipinski definition) is 3. The highest BCUT2D eigenvalue weighted by Gasteiger charge is 2.07. The molecule has 0 spiro atoms. The first kappa shape index (κ1) is 11.9. The zero-order chi connectivity index (χ0) is 12.3. The van der Waals surface area contributed by atoms with E-state index in [2.05, 4.69) is 20.9 Å². The van der Waals surface area contributed by atoms with Crippen molar-refractivity contribution < 1.29 is 9.13 Å². The zero-order valence-corrected chi connectivity index (χ0v) is 10.4. The Kier molecular flexibility index (Phi) is 3.58. The molecule has 0 atom stereocenters. The van der Waals surface area contributed by atoms with Gasteiger partial charge in [-0.3, -0.25) is 4.98 Å². The average Bonchev–Trinajstić information content (AvgIpc) is 2.33. The van der Waals surface area contributed by atoms with Gasteiger partial charge in [-0.2, -0.15) is 0 Å². The lowest BCUT2D eigenvalue weighted by molar-refractivity contribution is 0.298. The topological polar surface area (TPSA) is 48.1 Å². The van der Waals surface area contributed by atoms with Crippen LogP contribution in [0.4, 0.5) is 10.1 Å². The van der Waals surface area contributed by atoms with Crippen LogP contribution < -0.4 is 10.5 Å². The average molecular weight is 297 g/mol. The summed E-state index contributed by atoms with van der Waals surface area (Å²) in [7, 11) is 0. The quantitative estimate of drug-likeness (QED) is 0.885. The molecule has 0 aliphatic heterocycles. The molecule has 0 aliphatic carbocycles. The van der Waals surface area contributed by atoms with Crippen LogP contribution >= 0.6 is 15.9 Å². The lowest BCUT2D eigenvalue weighted by atomic mass is 10.3. The third-order valence-corrected chi connectivity index (χ3v) is 2.77. The van der Waals surface area contributed by atoms with Crippen molar-refractivity contribution in [1.29, 1.82) is 0 Å². The van der Waals surface area contributed by atoms with E-state index in [4.69, 9.17) is 10.5 Å². The number of hydrogen-bond donors (Lipinski definition) is 1. The van der Waals surface area contributed by atoms with Crippen LogP contribution in [0.15, 0.2) is 41.0 Å². The molecule has 1 aromatic carbocycles. The van der Waals surface area contributed by atoms with Gasteiger partial charge < -0.3 is 10.5 Å². The van der Waals surface area contributed by atoms with Gasteiger partial charge in [0.1, 0.15) is 18.2 Å². The standard InChI is InChI=1S/C12H10BrFN2O/c13-9-5-11(15)10(14)6-12(9)17-7-8-3-1-2-4-16-8/h1-6H,7,15H2. The van der Waals surface area contributed by atoms with Gasteiger partial charge in [0.05, 0.1) is 15.9 Å². The number of nitrogens with zero attached hydrogens (tertiary/aromatic N) is 1. The maximum absolute atomic E-state index is 13.2. The molecular formula is C12H10BrFN2O. The Morgan fingerprint density at radius 2 is 2.18 bits per heavy atom. The molecule has 0 radical (unpaired) electrons. The zero-order valence-electron chi connectivity index (χ0n) is 8.86. The molecule has 0 bridgehead atoms. The lowest BCUT2D eigenvalue weighted by Gasteiger charge is -2.08. The number of nitrogen functional groups attached to an aromatic ring is 1. The molecule has 0 saturated carbocycles. The summed E-state index contributed by atoms with van der Waals surface area (Å²) in [5.41, 5.74) is 6.28. The van der Waals surface area contributed by atoms with Crippen molar-refractivity contribution >= 4 is 21.6 Å². The molecule has 0 unspecified atom stereocenters. The maximum Gasteiger partial charge on any atom is 0.149 e. The molecule has 1 heterocycles. The smallest absolute Gasteiger partial charge is 0.149 e. The molecule has 2 aromatic rings. The second-order valence-electron chi connectivity index (χ2n) is 3.41. The molecule has 0 fully saturated rings. The largest absolute Gasteiger partial charge is 0.486 e. The van der Waals surface area contributed by atoms with Gasteiger partial charge in [-0.25, -0.2) is 4.39 Å². The van der Waals surface area contributed by atoms with E-state index in [1.807, 2.05) is 18.2 Å². The number of anilines is 1. The van der Waals surface area contributed by atoms with E-state index in [1.54, 1.807) is 6.20 Å². The third kappa shape index (κ3) is 2.94. The summed E-state index contributed by atoms with van der Waals surface area (Å²) in [6, 6.07) is 8.25. The molecule has 5 heteroatoms. The van der Waals surface area contributed by atoms with Crippen LogP contribution in [-0.4, -0.2) is 4.98 Å². The van der Waals surface area contributed by atoms with Crippen LogP contribution in [0.1, 0.15) is 5.69 Å². The van der Waals surface area contributed by atoms with Crippen molar-refractivity contribution in [3.05, 3.63) is 52.5 Å². The summed E-state index contributed by atoms with van der Waals surface area (Å²) in [4.78, 5) is 4.10. The minimum absolute atomic E-state index is 0.0852. The number of halogens is 2. The van der Waals surface area contributed by atoms with E-state index in [0.717, 1.165) is 5.69 Å². The highest BCUT2D eigenvalue weighted by Crippen LogP contribution is 2.29. The Balaban J connectivity index is 2.12. The number of nitrogens with two attached hydrogens (primary N) is 1. The van der Waals surface area contributed by atoms with Crippen molar-refractivity contribution in [2.75, 3.05) is 5.73 Å². The molecule has 17 heavy (non-hydrogen) atoms. The minimum atomic E-state index is -0.496. The van der Waals surface area contributed by atoms with Crippen LogP contribution in [-0.2, 0) is 6.61 Å². The van der Waals surface area contributed by atoms with Crippen LogP contribution in [0.2, 0.25) is 0 Å². The molecule has 2 N–H and O–H groups in total. The minimum Gasteiger partial charge on any atom is -0.486 e. The van der Waals surface area contributed by atoms with Gasteiger partial charge in [0.15, 0.2) is 0 Å². The number of benzene rings is 1. The van der Waals surface area contributed by atoms with Crippen molar-refractivity contribution in [2.24, 2.45) is 0 Å². The highest BCUT2D eigenvalue weighted by molar-refractivity contribution is 9.10. The summed E-state index contributed by atoms with van der Waals surface area (Å²) in [5, 5.41) is 0. The van der Waals surface area contributed by atoms with Crippen molar-refractivity contribution in [3.8, 4) is 5.75 Å². The molecule has 1 aromatic heterocycles. The predicted molar refractivity (Wildman–Crippen MR) is 67.1 cm³/mol. The Morgan fingerprint density at radius 1 is 1.35 bits per heavy atom. The molecule has 0 saturated heterocycles. The number of aromatic nitrogens is 1. The van der Waals surface area contributed by atoms with Gasteiger partial charge in [0.25, 0.3) is 0 Å². The first-order valence-corrected chi connectivity index (χ1v) is 5.73. The summed E-state index contributed by atoms with van der Waals surface area (Å²) < 4.78 is 19.3. The monoisotopic (exact) mass is 296 g/mol. The molecule has 3 nitrogen and oxygen atoms in total. The Bertz CT molecular complexity index is 519. The summed E-state index contributed by atoms with van der Waals surface area (Å²) >= 11 is 3.26. The molecule has 88 valence electrons. The first-order chi connectivity index (χ1) is 8.16. The van der Waals surface area contributed by atoms with Crippen LogP contribution in [0.25, 0.3) is 0 Å². The SMILES string of the molecule is Nc1cc(Br)c(OCc2ccccn2)cc1F. The third-order valence-electron chi connectivity index (χ3n) is 2.15. The fourth-order valence-electron chi connectivity index (χ4n) is 1.29.